The minimum Gasteiger partial charge on any atom is -0.465 e. The van der Waals surface area contributed by atoms with Crippen LogP contribution in [-0.2, 0) is 27.4 Å². The molecular weight excluding hydrogens is 410 g/mol. The van der Waals surface area contributed by atoms with Crippen molar-refractivity contribution in [2.75, 3.05) is 7.11 Å². The zero-order valence-electron chi connectivity index (χ0n) is 17.5. The molecule has 1 aliphatic carbocycles. The number of esters is 1. The van der Waals surface area contributed by atoms with Crippen LogP contribution in [0.3, 0.4) is 0 Å². The minimum atomic E-state index is -3.52. The molecule has 1 aromatic heterocycles. The molecule has 0 spiro atoms. The van der Waals surface area contributed by atoms with E-state index < -0.39 is 9.84 Å². The molecule has 0 amide bonds. The number of sulfone groups is 1. The molecule has 2 aromatic carbocycles. The lowest BCUT2D eigenvalue weighted by atomic mass is 9.80. The molecule has 3 aromatic rings. The second kappa shape index (κ2) is 9.02. The fraction of sp³-hybridized carbons (Fsp3) is 0.280. The highest BCUT2D eigenvalue weighted by Gasteiger charge is 2.24. The molecule has 31 heavy (non-hydrogen) atoms. The SMILES string of the molecule is COC(=O)c1ccncc1CCC1CCCc2cc(S(=O)(=O)c3ccccc3)ccc21. The molecule has 1 atom stereocenters. The van der Waals surface area contributed by atoms with Crippen LogP contribution in [0, 0.1) is 0 Å². The molecular formula is C25H25NO4S. The van der Waals surface area contributed by atoms with E-state index in [0.717, 1.165) is 36.8 Å². The number of aromatic nitrogens is 1. The Morgan fingerprint density at radius 3 is 2.68 bits per heavy atom. The largest absolute Gasteiger partial charge is 0.465 e. The van der Waals surface area contributed by atoms with E-state index in [-0.39, 0.29) is 5.97 Å². The molecule has 4 rings (SSSR count). The van der Waals surface area contributed by atoms with Gasteiger partial charge in [0.05, 0.1) is 22.5 Å². The smallest absolute Gasteiger partial charge is 0.338 e. The summed E-state index contributed by atoms with van der Waals surface area (Å²) in [5.74, 6) is -0.0277. The van der Waals surface area contributed by atoms with Crippen LogP contribution in [0.4, 0.5) is 0 Å². The zero-order valence-corrected chi connectivity index (χ0v) is 18.3. The second-order valence-corrected chi connectivity index (χ2v) is 9.78. The van der Waals surface area contributed by atoms with E-state index in [4.69, 9.17) is 4.74 Å². The fourth-order valence-corrected chi connectivity index (χ4v) is 5.69. The molecule has 0 N–H and O–H groups in total. The van der Waals surface area contributed by atoms with Crippen LogP contribution in [0.25, 0.3) is 0 Å². The van der Waals surface area contributed by atoms with Crippen molar-refractivity contribution in [1.29, 1.82) is 0 Å². The molecule has 0 saturated carbocycles. The van der Waals surface area contributed by atoms with Crippen LogP contribution in [0.2, 0.25) is 0 Å². The summed E-state index contributed by atoms with van der Waals surface area (Å²) in [6.45, 7) is 0. The first-order valence-corrected chi connectivity index (χ1v) is 11.9. The molecule has 5 nitrogen and oxygen atoms in total. The standard InChI is InChI=1S/C25H25NO4S/c1-30-25(27)24-14-15-26-17-20(24)11-10-18-6-5-7-19-16-22(12-13-23(18)19)31(28,29)21-8-3-2-4-9-21/h2-4,8-9,12-18H,5-7,10-11H2,1H3. The van der Waals surface area contributed by atoms with Crippen LogP contribution in [-0.4, -0.2) is 26.5 Å². The molecule has 6 heteroatoms. The molecule has 1 unspecified atom stereocenters. The van der Waals surface area contributed by atoms with E-state index in [9.17, 15) is 13.2 Å². The molecule has 160 valence electrons. The van der Waals surface area contributed by atoms with Gasteiger partial charge >= 0.3 is 5.97 Å². The van der Waals surface area contributed by atoms with Crippen LogP contribution in [0.15, 0.2) is 76.8 Å². The predicted octanol–water partition coefficient (Wildman–Crippen LogP) is 4.75. The van der Waals surface area contributed by atoms with Gasteiger partial charge in [0, 0.05) is 12.4 Å². The topological polar surface area (TPSA) is 73.3 Å². The molecule has 0 saturated heterocycles. The highest BCUT2D eigenvalue weighted by Crippen LogP contribution is 2.37. The third-order valence-corrected chi connectivity index (χ3v) is 7.76. The van der Waals surface area contributed by atoms with Gasteiger partial charge in [-0.05, 0) is 85.0 Å². The van der Waals surface area contributed by atoms with E-state index in [0.29, 0.717) is 27.7 Å². The van der Waals surface area contributed by atoms with Gasteiger partial charge in [0.2, 0.25) is 9.84 Å². The van der Waals surface area contributed by atoms with E-state index >= 15 is 0 Å². The van der Waals surface area contributed by atoms with Gasteiger partial charge < -0.3 is 4.74 Å². The van der Waals surface area contributed by atoms with Gasteiger partial charge in [0.25, 0.3) is 0 Å². The number of aryl methyl sites for hydroxylation is 2. The van der Waals surface area contributed by atoms with Gasteiger partial charge in [0.15, 0.2) is 0 Å². The van der Waals surface area contributed by atoms with Gasteiger partial charge in [-0.1, -0.05) is 24.3 Å². The number of methoxy groups -OCH3 is 1. The van der Waals surface area contributed by atoms with Crippen molar-refractivity contribution in [3.8, 4) is 0 Å². The summed E-state index contributed by atoms with van der Waals surface area (Å²) in [4.78, 5) is 16.8. The molecule has 1 aliphatic rings. The number of ether oxygens (including phenoxy) is 1. The van der Waals surface area contributed by atoms with E-state index in [2.05, 4.69) is 4.98 Å². The summed E-state index contributed by atoms with van der Waals surface area (Å²) in [5.41, 5.74) is 3.75. The summed E-state index contributed by atoms with van der Waals surface area (Å²) in [5, 5.41) is 0. The Morgan fingerprint density at radius 1 is 1.10 bits per heavy atom. The number of rotatable bonds is 6. The molecule has 1 heterocycles. The van der Waals surface area contributed by atoms with Crippen LogP contribution < -0.4 is 0 Å². The predicted molar refractivity (Wildman–Crippen MR) is 118 cm³/mol. The molecule has 0 bridgehead atoms. The number of hydrogen-bond acceptors (Lipinski definition) is 5. The van der Waals surface area contributed by atoms with E-state index in [1.54, 1.807) is 48.8 Å². The maximum absolute atomic E-state index is 13.0. The maximum atomic E-state index is 13.0. The Hall–Kier alpha value is -2.99. The highest BCUT2D eigenvalue weighted by molar-refractivity contribution is 7.91. The first-order valence-electron chi connectivity index (χ1n) is 10.4. The Bertz CT molecular complexity index is 1190. The van der Waals surface area contributed by atoms with Crippen molar-refractivity contribution in [1.82, 2.24) is 4.98 Å². The summed E-state index contributed by atoms with van der Waals surface area (Å²) in [6.07, 6.45) is 7.85. The number of hydrogen-bond donors (Lipinski definition) is 0. The monoisotopic (exact) mass is 435 g/mol. The van der Waals surface area contributed by atoms with Gasteiger partial charge in [-0.3, -0.25) is 4.98 Å². The van der Waals surface area contributed by atoms with Crippen molar-refractivity contribution >= 4 is 15.8 Å². The number of carbonyl (C=O) groups is 1. The summed E-state index contributed by atoms with van der Waals surface area (Å²) in [7, 11) is -2.14. The van der Waals surface area contributed by atoms with E-state index in [1.165, 1.54) is 12.7 Å². The first-order chi connectivity index (χ1) is 15.0. The second-order valence-electron chi connectivity index (χ2n) is 7.83. The Balaban J connectivity index is 1.57. The van der Waals surface area contributed by atoms with Gasteiger partial charge in [-0.25, -0.2) is 13.2 Å². The maximum Gasteiger partial charge on any atom is 0.338 e. The molecule has 0 aliphatic heterocycles. The number of benzene rings is 2. The van der Waals surface area contributed by atoms with Crippen molar-refractivity contribution in [2.24, 2.45) is 0 Å². The van der Waals surface area contributed by atoms with Gasteiger partial charge in [-0.15, -0.1) is 0 Å². The third kappa shape index (κ3) is 4.39. The lowest BCUT2D eigenvalue weighted by Crippen LogP contribution is -2.13. The molecule has 0 radical (unpaired) electrons. The minimum absolute atomic E-state index is 0.314. The van der Waals surface area contributed by atoms with Gasteiger partial charge in [-0.2, -0.15) is 0 Å². The Labute approximate surface area is 183 Å². The van der Waals surface area contributed by atoms with Crippen molar-refractivity contribution in [3.63, 3.8) is 0 Å². The summed E-state index contributed by atoms with van der Waals surface area (Å²) in [6, 6.07) is 15.8. The fourth-order valence-electron chi connectivity index (χ4n) is 4.36. The normalized spacial score (nSPS) is 15.8. The Kier molecular flexibility index (Phi) is 6.18. The number of nitrogens with zero attached hydrogens (tertiary/aromatic N) is 1. The van der Waals surface area contributed by atoms with E-state index in [1.807, 2.05) is 18.2 Å². The average molecular weight is 436 g/mol. The lowest BCUT2D eigenvalue weighted by molar-refractivity contribution is 0.0599. The number of pyridine rings is 1. The van der Waals surface area contributed by atoms with Crippen molar-refractivity contribution in [3.05, 3.63) is 89.2 Å². The summed E-state index contributed by atoms with van der Waals surface area (Å²) >= 11 is 0. The zero-order chi connectivity index (χ0) is 21.8. The van der Waals surface area contributed by atoms with Crippen molar-refractivity contribution in [2.45, 2.75) is 47.8 Å². The van der Waals surface area contributed by atoms with Crippen LogP contribution >= 0.6 is 0 Å². The number of carbonyl (C=O) groups excluding carboxylic acids is 1. The van der Waals surface area contributed by atoms with Crippen LogP contribution in [0.1, 0.15) is 52.2 Å². The first kappa shape index (κ1) is 21.2. The Morgan fingerprint density at radius 2 is 1.90 bits per heavy atom. The third-order valence-electron chi connectivity index (χ3n) is 5.99. The molecule has 0 fully saturated rings. The number of fused-ring (bicyclic) bond motifs is 1. The average Bonchev–Trinajstić information content (AvgIpc) is 2.82. The summed E-state index contributed by atoms with van der Waals surface area (Å²) < 4.78 is 30.9. The lowest BCUT2D eigenvalue weighted by Gasteiger charge is -2.26. The van der Waals surface area contributed by atoms with Crippen LogP contribution in [0.5, 0.6) is 0 Å². The highest BCUT2D eigenvalue weighted by atomic mass is 32.2. The van der Waals surface area contributed by atoms with Crippen molar-refractivity contribution < 1.29 is 17.9 Å². The quantitative estimate of drug-likeness (QED) is 0.522. The van der Waals surface area contributed by atoms with Gasteiger partial charge in [0.1, 0.15) is 0 Å².